The fourth-order valence-electron chi connectivity index (χ4n) is 2.55. The molecular formula is C20H12ClF6N5O4. The molecule has 36 heavy (non-hydrogen) atoms. The average Bonchev–Trinajstić information content (AvgIpc) is 3.15. The normalized spacial score (nSPS) is 11.5. The molecular weight excluding hydrogens is 524 g/mol. The Balaban J connectivity index is 0.000000454. The molecule has 0 spiro atoms. The van der Waals surface area contributed by atoms with Crippen molar-refractivity contribution in [2.75, 3.05) is 10.6 Å². The predicted molar refractivity (Wildman–Crippen MR) is 116 cm³/mol. The summed E-state index contributed by atoms with van der Waals surface area (Å²) in [6.07, 6.45) is -8.14. The number of aliphatic carboxylic acids is 1. The van der Waals surface area contributed by atoms with Gasteiger partial charge in [0.05, 0.1) is 17.3 Å². The van der Waals surface area contributed by atoms with Gasteiger partial charge in [0.1, 0.15) is 5.02 Å². The van der Waals surface area contributed by atoms with Crippen LogP contribution in [0.15, 0.2) is 57.9 Å². The molecule has 0 unspecified atom stereocenters. The number of aromatic amines is 1. The van der Waals surface area contributed by atoms with Gasteiger partial charge in [-0.1, -0.05) is 11.6 Å². The number of rotatable bonds is 4. The molecule has 4 aromatic rings. The molecule has 190 valence electrons. The lowest BCUT2D eigenvalue weighted by Gasteiger charge is -2.11. The molecule has 16 heteroatoms. The number of nitrogens with one attached hydrogen (secondary N) is 3. The van der Waals surface area contributed by atoms with E-state index in [0.717, 1.165) is 12.1 Å². The van der Waals surface area contributed by atoms with Crippen molar-refractivity contribution in [3.63, 3.8) is 0 Å². The summed E-state index contributed by atoms with van der Waals surface area (Å²) in [4.78, 5) is 30.9. The maximum absolute atomic E-state index is 12.7. The quantitative estimate of drug-likeness (QED) is 0.244. The number of carboxylic acid groups (broad SMARTS) is 1. The Morgan fingerprint density at radius 2 is 1.61 bits per heavy atom. The highest BCUT2D eigenvalue weighted by Gasteiger charge is 2.38. The van der Waals surface area contributed by atoms with Gasteiger partial charge in [-0.25, -0.2) is 14.6 Å². The summed E-state index contributed by atoms with van der Waals surface area (Å²) in [6, 6.07) is 9.37. The Hall–Kier alpha value is -4.27. The summed E-state index contributed by atoms with van der Waals surface area (Å²) < 4.78 is 74.6. The Morgan fingerprint density at radius 3 is 2.19 bits per heavy atom. The molecule has 0 aliphatic heterocycles. The molecule has 2 aromatic heterocycles. The Labute approximate surface area is 200 Å². The second kappa shape index (κ2) is 10.2. The van der Waals surface area contributed by atoms with E-state index in [4.69, 9.17) is 25.9 Å². The SMILES string of the molecule is O=C(O)C(F)(F)F.O=c1[nH]c2cc(Nc3nc(Nc4ccc(C(F)(F)F)cc4)ncc3Cl)ccc2o1. The predicted octanol–water partition coefficient (Wildman–Crippen LogP) is 5.70. The number of hydrogen-bond donors (Lipinski definition) is 4. The number of alkyl halides is 6. The van der Waals surface area contributed by atoms with E-state index in [1.807, 2.05) is 0 Å². The van der Waals surface area contributed by atoms with Crippen LogP contribution in [0.5, 0.6) is 0 Å². The number of nitrogens with zero attached hydrogens (tertiary/aromatic N) is 2. The van der Waals surface area contributed by atoms with Gasteiger partial charge >= 0.3 is 24.1 Å². The van der Waals surface area contributed by atoms with Crippen molar-refractivity contribution in [2.45, 2.75) is 12.4 Å². The van der Waals surface area contributed by atoms with Crippen molar-refractivity contribution in [1.29, 1.82) is 0 Å². The van der Waals surface area contributed by atoms with E-state index in [2.05, 4.69) is 25.6 Å². The number of oxazole rings is 1. The van der Waals surface area contributed by atoms with Gasteiger partial charge in [-0.2, -0.15) is 31.3 Å². The summed E-state index contributed by atoms with van der Waals surface area (Å²) in [5.74, 6) is -2.93. The molecule has 0 amide bonds. The molecule has 0 saturated heterocycles. The number of carbonyl (C=O) groups is 1. The van der Waals surface area contributed by atoms with Gasteiger partial charge in [-0.05, 0) is 42.5 Å². The highest BCUT2D eigenvalue weighted by atomic mass is 35.5. The Morgan fingerprint density at radius 1 is 1.00 bits per heavy atom. The van der Waals surface area contributed by atoms with Crippen LogP contribution in [0, 0.1) is 0 Å². The summed E-state index contributed by atoms with van der Waals surface area (Å²) >= 11 is 6.13. The number of fused-ring (bicyclic) bond motifs is 1. The number of anilines is 4. The van der Waals surface area contributed by atoms with Gasteiger partial charge in [0, 0.05) is 11.4 Å². The third kappa shape index (κ3) is 6.88. The molecule has 0 bridgehead atoms. The van der Waals surface area contributed by atoms with E-state index >= 15 is 0 Å². The summed E-state index contributed by atoms with van der Waals surface area (Å²) in [5.41, 5.74) is 1.10. The Bertz CT molecular complexity index is 1430. The summed E-state index contributed by atoms with van der Waals surface area (Å²) in [5, 5.41) is 13.2. The molecule has 4 N–H and O–H groups in total. The van der Waals surface area contributed by atoms with E-state index in [9.17, 15) is 31.1 Å². The number of H-pyrrole nitrogens is 1. The van der Waals surface area contributed by atoms with Gasteiger partial charge in [0.2, 0.25) is 5.95 Å². The second-order valence-electron chi connectivity index (χ2n) is 6.74. The zero-order valence-corrected chi connectivity index (χ0v) is 18.1. The first-order valence-electron chi connectivity index (χ1n) is 9.39. The van der Waals surface area contributed by atoms with E-state index in [-0.39, 0.29) is 16.8 Å². The van der Waals surface area contributed by atoms with Crippen LogP contribution in [0.2, 0.25) is 5.02 Å². The Kier molecular flexibility index (Phi) is 7.43. The van der Waals surface area contributed by atoms with Crippen molar-refractivity contribution in [3.05, 3.63) is 69.8 Å². The minimum Gasteiger partial charge on any atom is -0.475 e. The van der Waals surface area contributed by atoms with Crippen LogP contribution in [0.4, 0.5) is 49.5 Å². The van der Waals surface area contributed by atoms with Crippen molar-refractivity contribution in [3.8, 4) is 0 Å². The van der Waals surface area contributed by atoms with Gasteiger partial charge in [0.25, 0.3) is 0 Å². The molecule has 0 atom stereocenters. The van der Waals surface area contributed by atoms with Crippen molar-refractivity contribution >= 4 is 51.8 Å². The maximum Gasteiger partial charge on any atom is 0.490 e. The topological polar surface area (TPSA) is 133 Å². The van der Waals surface area contributed by atoms with Gasteiger partial charge < -0.3 is 20.2 Å². The number of carboxylic acids is 1. The van der Waals surface area contributed by atoms with Crippen LogP contribution in [-0.2, 0) is 11.0 Å². The smallest absolute Gasteiger partial charge is 0.475 e. The first-order valence-corrected chi connectivity index (χ1v) is 9.77. The van der Waals surface area contributed by atoms with Crippen LogP contribution in [0.1, 0.15) is 5.56 Å². The standard InChI is InChI=1S/C18H11ClF3N5O2.C2HF3O2/c19-12-8-23-16(25-10-3-1-9(2-4-10)18(20,21)22)27-15(12)24-11-5-6-14-13(7-11)26-17(28)29-14;3-2(4,5)1(6)7/h1-8H,(H,26,28)(H2,23,24,25,27);(H,6,7). The minimum absolute atomic E-state index is 0.134. The molecule has 2 heterocycles. The van der Waals surface area contributed by atoms with E-state index < -0.39 is 29.6 Å². The number of benzene rings is 2. The largest absolute Gasteiger partial charge is 0.490 e. The molecule has 0 radical (unpaired) electrons. The lowest BCUT2D eigenvalue weighted by atomic mass is 10.2. The van der Waals surface area contributed by atoms with Crippen LogP contribution in [0.3, 0.4) is 0 Å². The zero-order valence-electron chi connectivity index (χ0n) is 17.3. The zero-order chi connectivity index (χ0) is 26.7. The molecule has 2 aromatic carbocycles. The van der Waals surface area contributed by atoms with Gasteiger partial charge in [0.15, 0.2) is 11.4 Å². The molecule has 0 aliphatic carbocycles. The molecule has 0 saturated carbocycles. The van der Waals surface area contributed by atoms with Gasteiger partial charge in [-0.3, -0.25) is 4.98 Å². The number of halogens is 7. The van der Waals surface area contributed by atoms with E-state index in [1.165, 1.54) is 18.3 Å². The third-order valence-electron chi connectivity index (χ3n) is 4.14. The molecule has 9 nitrogen and oxygen atoms in total. The minimum atomic E-state index is -5.08. The van der Waals surface area contributed by atoms with Crippen LogP contribution < -0.4 is 16.4 Å². The summed E-state index contributed by atoms with van der Waals surface area (Å²) in [7, 11) is 0. The first kappa shape index (κ1) is 26.3. The van der Waals surface area contributed by atoms with Crippen LogP contribution in [-0.4, -0.2) is 32.2 Å². The fraction of sp³-hybridized carbons (Fsp3) is 0.100. The van der Waals surface area contributed by atoms with Crippen LogP contribution >= 0.6 is 11.6 Å². The monoisotopic (exact) mass is 535 g/mol. The molecule has 4 rings (SSSR count). The van der Waals surface area contributed by atoms with Crippen molar-refractivity contribution in [1.82, 2.24) is 15.0 Å². The summed E-state index contributed by atoms with van der Waals surface area (Å²) in [6.45, 7) is 0. The van der Waals surface area contributed by atoms with Crippen LogP contribution in [0.25, 0.3) is 11.1 Å². The highest BCUT2D eigenvalue weighted by Crippen LogP contribution is 2.31. The van der Waals surface area contributed by atoms with E-state index in [0.29, 0.717) is 22.5 Å². The average molecular weight is 536 g/mol. The van der Waals surface area contributed by atoms with Crippen molar-refractivity contribution < 1.29 is 40.7 Å². The van der Waals surface area contributed by atoms with E-state index in [1.54, 1.807) is 18.2 Å². The highest BCUT2D eigenvalue weighted by molar-refractivity contribution is 6.32. The van der Waals surface area contributed by atoms with Crippen molar-refractivity contribution in [2.24, 2.45) is 0 Å². The molecule has 0 fully saturated rings. The lowest BCUT2D eigenvalue weighted by molar-refractivity contribution is -0.192. The number of aromatic nitrogens is 3. The second-order valence-corrected chi connectivity index (χ2v) is 7.15. The van der Waals surface area contributed by atoms with Gasteiger partial charge in [-0.15, -0.1) is 0 Å². The third-order valence-corrected chi connectivity index (χ3v) is 4.41. The molecule has 0 aliphatic rings. The first-order chi connectivity index (χ1) is 16.7. The number of hydrogen-bond acceptors (Lipinski definition) is 7. The fourth-order valence-corrected chi connectivity index (χ4v) is 2.69. The maximum atomic E-state index is 12.7. The lowest BCUT2D eigenvalue weighted by Crippen LogP contribution is -2.21.